The molecule has 0 radical (unpaired) electrons. The summed E-state index contributed by atoms with van der Waals surface area (Å²) in [5, 5.41) is 6.01. The Bertz CT molecular complexity index is 1590. The van der Waals surface area contributed by atoms with E-state index in [4.69, 9.17) is 23.2 Å². The van der Waals surface area contributed by atoms with E-state index in [-0.39, 0.29) is 22.5 Å². The summed E-state index contributed by atoms with van der Waals surface area (Å²) < 4.78 is 78.5. The minimum atomic E-state index is -4.46. The topological polar surface area (TPSA) is 58.2 Å². The molecule has 4 nitrogen and oxygen atoms in total. The SMILES string of the molecule is Cc1c(NC(=O)c2ccc(Cl)c(I)c2)cccc1C(F)(F)F.Cc1c(NC(=O)c2ccc(Cl)c(I)c2)cccc1C(F)(F)F. The Morgan fingerprint density at radius 2 is 0.955 bits per heavy atom. The van der Waals surface area contributed by atoms with Crippen molar-refractivity contribution in [1.82, 2.24) is 0 Å². The molecule has 232 valence electrons. The van der Waals surface area contributed by atoms with Gasteiger partial charge in [0.1, 0.15) is 0 Å². The number of rotatable bonds is 4. The summed E-state index contributed by atoms with van der Waals surface area (Å²) in [6.45, 7) is 2.65. The van der Waals surface area contributed by atoms with Gasteiger partial charge >= 0.3 is 12.4 Å². The highest BCUT2D eigenvalue weighted by Gasteiger charge is 2.34. The van der Waals surface area contributed by atoms with E-state index in [9.17, 15) is 35.9 Å². The van der Waals surface area contributed by atoms with Crippen LogP contribution in [-0.4, -0.2) is 11.8 Å². The first kappa shape index (κ1) is 35.9. The molecule has 0 aliphatic rings. The molecule has 44 heavy (non-hydrogen) atoms. The summed E-state index contributed by atoms with van der Waals surface area (Å²) in [6, 6.07) is 16.7. The molecule has 0 aliphatic heterocycles. The average molecular weight is 879 g/mol. The van der Waals surface area contributed by atoms with Crippen molar-refractivity contribution in [2.75, 3.05) is 10.6 Å². The highest BCUT2D eigenvalue weighted by molar-refractivity contribution is 14.1. The van der Waals surface area contributed by atoms with E-state index in [0.29, 0.717) is 28.3 Å². The fourth-order valence-electron chi connectivity index (χ4n) is 3.82. The maximum Gasteiger partial charge on any atom is 0.416 e. The van der Waals surface area contributed by atoms with E-state index in [0.717, 1.165) is 12.1 Å². The van der Waals surface area contributed by atoms with Crippen molar-refractivity contribution in [3.05, 3.63) is 123 Å². The van der Waals surface area contributed by atoms with Crippen LogP contribution in [0, 0.1) is 21.0 Å². The Kier molecular flexibility index (Phi) is 12.0. The van der Waals surface area contributed by atoms with Gasteiger partial charge in [0.15, 0.2) is 0 Å². The largest absolute Gasteiger partial charge is 0.416 e. The second-order valence-corrected chi connectivity index (χ2v) is 12.3. The van der Waals surface area contributed by atoms with Crippen LogP contribution in [0.1, 0.15) is 43.0 Å². The van der Waals surface area contributed by atoms with Crippen LogP contribution >= 0.6 is 68.4 Å². The quantitative estimate of drug-likeness (QED) is 0.159. The molecule has 0 unspecified atom stereocenters. The van der Waals surface area contributed by atoms with Crippen LogP contribution in [0.15, 0.2) is 72.8 Å². The highest BCUT2D eigenvalue weighted by atomic mass is 127. The molecule has 0 saturated carbocycles. The van der Waals surface area contributed by atoms with E-state index in [1.54, 1.807) is 24.3 Å². The van der Waals surface area contributed by atoms with Crippen LogP contribution in [0.3, 0.4) is 0 Å². The first-order valence-corrected chi connectivity index (χ1v) is 15.2. The van der Waals surface area contributed by atoms with E-state index in [1.165, 1.54) is 50.2 Å². The van der Waals surface area contributed by atoms with Crippen LogP contribution in [0.5, 0.6) is 0 Å². The summed E-state index contributed by atoms with van der Waals surface area (Å²) in [5.41, 5.74) is -0.670. The van der Waals surface area contributed by atoms with Crippen molar-refractivity contribution in [2.24, 2.45) is 0 Å². The van der Waals surface area contributed by atoms with Gasteiger partial charge in [0.05, 0.1) is 21.2 Å². The number of halogens is 10. The highest BCUT2D eigenvalue weighted by Crippen LogP contribution is 2.36. The van der Waals surface area contributed by atoms with Crippen molar-refractivity contribution < 1.29 is 35.9 Å². The number of anilines is 2. The second-order valence-electron chi connectivity index (χ2n) is 9.12. The normalized spacial score (nSPS) is 11.4. The molecule has 2 N–H and O–H groups in total. The lowest BCUT2D eigenvalue weighted by Gasteiger charge is -2.14. The van der Waals surface area contributed by atoms with Gasteiger partial charge in [-0.2, -0.15) is 26.3 Å². The zero-order valence-electron chi connectivity index (χ0n) is 22.5. The summed E-state index contributed by atoms with van der Waals surface area (Å²) in [6.07, 6.45) is -8.92. The third-order valence-electron chi connectivity index (χ3n) is 6.14. The molecule has 4 aromatic rings. The molecule has 0 saturated heterocycles. The molecule has 0 atom stereocenters. The number of hydrogen-bond donors (Lipinski definition) is 2. The molecular weight excluding hydrogens is 859 g/mol. The predicted molar refractivity (Wildman–Crippen MR) is 177 cm³/mol. The third kappa shape index (κ3) is 9.23. The smallest absolute Gasteiger partial charge is 0.322 e. The van der Waals surface area contributed by atoms with Crippen LogP contribution in [-0.2, 0) is 12.4 Å². The minimum Gasteiger partial charge on any atom is -0.322 e. The number of carbonyl (C=O) groups excluding carboxylic acids is 2. The Balaban J connectivity index is 0.000000240. The molecule has 2 amide bonds. The number of benzene rings is 4. The first-order valence-electron chi connectivity index (χ1n) is 12.3. The van der Waals surface area contributed by atoms with E-state index in [1.807, 2.05) is 45.2 Å². The zero-order valence-corrected chi connectivity index (χ0v) is 28.4. The van der Waals surface area contributed by atoms with E-state index in [2.05, 4.69) is 10.6 Å². The molecule has 4 rings (SSSR count). The van der Waals surface area contributed by atoms with Crippen LogP contribution in [0.25, 0.3) is 0 Å². The molecule has 0 aromatic heterocycles. The summed E-state index contributed by atoms with van der Waals surface area (Å²) in [4.78, 5) is 24.3. The first-order chi connectivity index (χ1) is 20.4. The van der Waals surface area contributed by atoms with Gasteiger partial charge in [0.2, 0.25) is 0 Å². The van der Waals surface area contributed by atoms with Crippen LogP contribution < -0.4 is 10.6 Å². The van der Waals surface area contributed by atoms with Gasteiger partial charge in [0.25, 0.3) is 11.8 Å². The lowest BCUT2D eigenvalue weighted by molar-refractivity contribution is -0.138. The van der Waals surface area contributed by atoms with E-state index >= 15 is 0 Å². The molecule has 0 fully saturated rings. The van der Waals surface area contributed by atoms with Crippen LogP contribution in [0.2, 0.25) is 10.0 Å². The van der Waals surface area contributed by atoms with Crippen molar-refractivity contribution in [3.8, 4) is 0 Å². The number of hydrogen-bond acceptors (Lipinski definition) is 2. The molecule has 14 heteroatoms. The van der Waals surface area contributed by atoms with Crippen molar-refractivity contribution in [1.29, 1.82) is 0 Å². The Labute approximate surface area is 285 Å². The maximum atomic E-state index is 12.9. The number of amides is 2. The summed E-state index contributed by atoms with van der Waals surface area (Å²) in [7, 11) is 0. The fourth-order valence-corrected chi connectivity index (χ4v) is 5.09. The molecular formula is C30H20Cl2F6I2N2O2. The van der Waals surface area contributed by atoms with Crippen molar-refractivity contribution in [3.63, 3.8) is 0 Å². The van der Waals surface area contributed by atoms with Gasteiger partial charge in [0, 0.05) is 29.6 Å². The molecule has 0 aliphatic carbocycles. The van der Waals surface area contributed by atoms with Gasteiger partial charge in [-0.05, 0) is 131 Å². The molecule has 4 aromatic carbocycles. The minimum absolute atomic E-state index is 0.0213. The van der Waals surface area contributed by atoms with Crippen molar-refractivity contribution >= 4 is 91.6 Å². The zero-order chi connectivity index (χ0) is 33.0. The standard InChI is InChI=1S/2C15H10ClF3INO/c2*1-8-10(15(17,18)19)3-2-4-13(8)21-14(22)9-5-6-11(16)12(20)7-9/h2*2-7H,1H3,(H,21,22). The van der Waals surface area contributed by atoms with Gasteiger partial charge in [-0.15, -0.1) is 0 Å². The summed E-state index contributed by atoms with van der Waals surface area (Å²) in [5.74, 6) is -0.978. The molecule has 0 spiro atoms. The molecule has 0 heterocycles. The number of alkyl halides is 6. The maximum absolute atomic E-state index is 12.9. The summed E-state index contributed by atoms with van der Waals surface area (Å²) >= 11 is 15.7. The van der Waals surface area contributed by atoms with Gasteiger partial charge in [-0.25, -0.2) is 0 Å². The Hall–Kier alpha value is -2.56. The van der Waals surface area contributed by atoms with E-state index < -0.39 is 35.3 Å². The lowest BCUT2D eigenvalue weighted by atomic mass is 10.1. The van der Waals surface area contributed by atoms with Gasteiger partial charge in [-0.1, -0.05) is 35.3 Å². The average Bonchev–Trinajstić information content (AvgIpc) is 2.93. The Morgan fingerprint density at radius 1 is 0.614 bits per heavy atom. The van der Waals surface area contributed by atoms with Gasteiger partial charge < -0.3 is 10.6 Å². The van der Waals surface area contributed by atoms with Crippen LogP contribution in [0.4, 0.5) is 37.7 Å². The van der Waals surface area contributed by atoms with Gasteiger partial charge in [-0.3, -0.25) is 9.59 Å². The number of nitrogens with one attached hydrogen (secondary N) is 2. The fraction of sp³-hybridized carbons (Fsp3) is 0.133. The lowest BCUT2D eigenvalue weighted by Crippen LogP contribution is -2.15. The second kappa shape index (κ2) is 14.7. The third-order valence-corrected chi connectivity index (χ3v) is 9.22. The monoisotopic (exact) mass is 878 g/mol. The predicted octanol–water partition coefficient (Wildman–Crippen LogP) is 11.0. The molecule has 0 bridgehead atoms. The Morgan fingerprint density at radius 3 is 1.25 bits per heavy atom. The van der Waals surface area contributed by atoms with Crippen molar-refractivity contribution in [2.45, 2.75) is 26.2 Å². The number of carbonyl (C=O) groups is 2.